The van der Waals surface area contributed by atoms with Crippen LogP contribution >= 0.6 is 0 Å². The highest BCUT2D eigenvalue weighted by molar-refractivity contribution is 5.87. The monoisotopic (exact) mass is 232 g/mol. The molecule has 16 heavy (non-hydrogen) atoms. The van der Waals surface area contributed by atoms with Gasteiger partial charge in [-0.2, -0.15) is 0 Å². The zero-order valence-corrected chi connectivity index (χ0v) is 9.53. The van der Waals surface area contributed by atoms with E-state index in [1.54, 1.807) is 20.8 Å². The Kier molecular flexibility index (Phi) is 5.44. The molecule has 7 heteroatoms. The smallest absolute Gasteiger partial charge is 0.428 e. The molecule has 0 aromatic carbocycles. The maximum absolute atomic E-state index is 11.0. The molecule has 0 aromatic heterocycles. The molecule has 0 unspecified atom stereocenters. The van der Waals surface area contributed by atoms with E-state index in [0.29, 0.717) is 0 Å². The summed E-state index contributed by atoms with van der Waals surface area (Å²) >= 11 is 0. The fourth-order valence-electron chi connectivity index (χ4n) is 0.643. The van der Waals surface area contributed by atoms with Crippen LogP contribution in [-0.4, -0.2) is 36.7 Å². The summed E-state index contributed by atoms with van der Waals surface area (Å²) in [5.74, 6) is -1.42. The number of ether oxygens (including phenoxy) is 2. The third-order valence-corrected chi connectivity index (χ3v) is 1.20. The fourth-order valence-corrected chi connectivity index (χ4v) is 0.643. The largest absolute Gasteiger partial charge is 0.516 e. The highest BCUT2D eigenvalue weighted by Gasteiger charge is 2.20. The lowest BCUT2D eigenvalue weighted by molar-refractivity contribution is -0.141. The first kappa shape index (κ1) is 14.4. The average Bonchev–Trinajstić information content (AvgIpc) is 2.10. The van der Waals surface area contributed by atoms with E-state index in [-0.39, 0.29) is 6.54 Å². The van der Waals surface area contributed by atoms with Crippen LogP contribution in [0.5, 0.6) is 0 Å². The molecule has 0 atom stereocenters. The molecule has 0 saturated heterocycles. The third kappa shape index (κ3) is 7.74. The molecule has 0 aliphatic carbocycles. The Morgan fingerprint density at radius 3 is 2.25 bits per heavy atom. The molecule has 0 aliphatic heterocycles. The minimum Gasteiger partial charge on any atom is -0.428 e. The van der Waals surface area contributed by atoms with Gasteiger partial charge in [0.05, 0.1) is 6.54 Å². The Morgan fingerprint density at radius 1 is 1.25 bits per heavy atom. The van der Waals surface area contributed by atoms with Gasteiger partial charge in [0.25, 0.3) is 0 Å². The molecule has 0 rings (SSSR count). The molecule has 0 fully saturated rings. The molecule has 3 N–H and O–H groups in total. The first-order valence-electron chi connectivity index (χ1n) is 4.65. The first-order chi connectivity index (χ1) is 7.24. The number of esters is 1. The number of nitrogens with two attached hydrogens (primary N) is 1. The summed E-state index contributed by atoms with van der Waals surface area (Å²) < 4.78 is 8.99. The van der Waals surface area contributed by atoms with Crippen LogP contribution < -0.4 is 11.1 Å². The van der Waals surface area contributed by atoms with E-state index in [0.717, 1.165) is 0 Å². The SMILES string of the molecule is CC(C)(C)OC(=O)OC(=O)CNC(=O)CN. The number of hydrogen-bond acceptors (Lipinski definition) is 6. The van der Waals surface area contributed by atoms with E-state index in [4.69, 9.17) is 10.5 Å². The standard InChI is InChI=1S/C9H16N2O5/c1-9(2,3)16-8(14)15-7(13)5-11-6(12)4-10/h4-5,10H2,1-3H3,(H,11,12). The van der Waals surface area contributed by atoms with Crippen molar-refractivity contribution in [1.82, 2.24) is 5.32 Å². The highest BCUT2D eigenvalue weighted by atomic mass is 16.7. The van der Waals surface area contributed by atoms with E-state index >= 15 is 0 Å². The van der Waals surface area contributed by atoms with Gasteiger partial charge >= 0.3 is 12.1 Å². The second-order valence-electron chi connectivity index (χ2n) is 3.92. The summed E-state index contributed by atoms with van der Waals surface area (Å²) in [6, 6.07) is 0. The molecular formula is C9H16N2O5. The molecule has 0 radical (unpaired) electrons. The van der Waals surface area contributed by atoms with E-state index in [1.807, 2.05) is 0 Å². The lowest BCUT2D eigenvalue weighted by Crippen LogP contribution is -2.36. The number of hydrogen-bond donors (Lipinski definition) is 2. The normalized spacial score (nSPS) is 10.5. The predicted molar refractivity (Wildman–Crippen MR) is 54.4 cm³/mol. The number of amides is 1. The van der Waals surface area contributed by atoms with Crippen LogP contribution in [0.1, 0.15) is 20.8 Å². The van der Waals surface area contributed by atoms with Gasteiger partial charge in [-0.05, 0) is 20.8 Å². The second-order valence-corrected chi connectivity index (χ2v) is 3.92. The van der Waals surface area contributed by atoms with Crippen LogP contribution in [0.3, 0.4) is 0 Å². The lowest BCUT2D eigenvalue weighted by atomic mass is 10.2. The Morgan fingerprint density at radius 2 is 1.81 bits per heavy atom. The average molecular weight is 232 g/mol. The molecule has 0 heterocycles. The molecule has 0 bridgehead atoms. The minimum absolute atomic E-state index is 0.236. The Bertz CT molecular complexity index is 282. The molecule has 0 aromatic rings. The molecule has 0 spiro atoms. The van der Waals surface area contributed by atoms with Crippen molar-refractivity contribution in [2.45, 2.75) is 26.4 Å². The number of carbonyl (C=O) groups is 3. The predicted octanol–water partition coefficient (Wildman–Crippen LogP) is -0.460. The summed E-state index contributed by atoms with van der Waals surface area (Å²) in [5, 5.41) is 2.15. The fraction of sp³-hybridized carbons (Fsp3) is 0.667. The lowest BCUT2D eigenvalue weighted by Gasteiger charge is -2.18. The van der Waals surface area contributed by atoms with Gasteiger partial charge < -0.3 is 20.5 Å². The molecule has 92 valence electrons. The van der Waals surface area contributed by atoms with Crippen molar-refractivity contribution in [3.05, 3.63) is 0 Å². The quantitative estimate of drug-likeness (QED) is 0.503. The van der Waals surface area contributed by atoms with Crippen molar-refractivity contribution in [3.63, 3.8) is 0 Å². The van der Waals surface area contributed by atoms with Gasteiger partial charge in [0.1, 0.15) is 12.1 Å². The number of nitrogens with one attached hydrogen (secondary N) is 1. The topological polar surface area (TPSA) is 108 Å². The van der Waals surface area contributed by atoms with Gasteiger partial charge in [-0.15, -0.1) is 0 Å². The van der Waals surface area contributed by atoms with Crippen molar-refractivity contribution in [2.24, 2.45) is 5.73 Å². The maximum atomic E-state index is 11.0. The molecular weight excluding hydrogens is 216 g/mol. The van der Waals surface area contributed by atoms with Gasteiger partial charge in [-0.3, -0.25) is 4.79 Å². The number of carbonyl (C=O) groups excluding carboxylic acids is 3. The molecule has 0 aliphatic rings. The van der Waals surface area contributed by atoms with E-state index < -0.39 is 30.2 Å². The van der Waals surface area contributed by atoms with Gasteiger partial charge in [0.15, 0.2) is 0 Å². The zero-order valence-electron chi connectivity index (χ0n) is 9.53. The minimum atomic E-state index is -1.10. The van der Waals surface area contributed by atoms with Crippen molar-refractivity contribution < 1.29 is 23.9 Å². The zero-order chi connectivity index (χ0) is 12.8. The van der Waals surface area contributed by atoms with Gasteiger partial charge in [-0.25, -0.2) is 9.59 Å². The molecule has 0 saturated carbocycles. The third-order valence-electron chi connectivity index (χ3n) is 1.20. The maximum Gasteiger partial charge on any atom is 0.516 e. The van der Waals surface area contributed by atoms with Crippen LogP contribution in [0.2, 0.25) is 0 Å². The number of rotatable bonds is 3. The first-order valence-corrected chi connectivity index (χ1v) is 4.65. The molecule has 7 nitrogen and oxygen atoms in total. The Balaban J connectivity index is 3.88. The van der Waals surface area contributed by atoms with Crippen molar-refractivity contribution in [2.75, 3.05) is 13.1 Å². The van der Waals surface area contributed by atoms with E-state index in [2.05, 4.69) is 10.1 Å². The summed E-state index contributed by atoms with van der Waals surface area (Å²) in [6.45, 7) is 4.24. The van der Waals surface area contributed by atoms with Gasteiger partial charge in [0, 0.05) is 0 Å². The van der Waals surface area contributed by atoms with E-state index in [9.17, 15) is 14.4 Å². The van der Waals surface area contributed by atoms with Crippen LogP contribution in [0, 0.1) is 0 Å². The summed E-state index contributed by atoms with van der Waals surface area (Å²) in [7, 11) is 0. The second kappa shape index (κ2) is 6.06. The Labute approximate surface area is 93.3 Å². The van der Waals surface area contributed by atoms with Crippen LogP contribution in [0.25, 0.3) is 0 Å². The summed E-state index contributed by atoms with van der Waals surface area (Å²) in [5.41, 5.74) is 4.25. The highest BCUT2D eigenvalue weighted by Crippen LogP contribution is 2.07. The van der Waals surface area contributed by atoms with Gasteiger partial charge in [0.2, 0.25) is 5.91 Å². The summed E-state index contributed by atoms with van der Waals surface area (Å²) in [6.07, 6.45) is -1.10. The molecule has 1 amide bonds. The van der Waals surface area contributed by atoms with E-state index in [1.165, 1.54) is 0 Å². The Hall–Kier alpha value is -1.63. The summed E-state index contributed by atoms with van der Waals surface area (Å²) in [4.78, 5) is 32.6. The van der Waals surface area contributed by atoms with Crippen LogP contribution in [0.4, 0.5) is 4.79 Å². The van der Waals surface area contributed by atoms with Gasteiger partial charge in [-0.1, -0.05) is 0 Å². The van der Waals surface area contributed by atoms with Crippen molar-refractivity contribution in [3.8, 4) is 0 Å². The van der Waals surface area contributed by atoms with Crippen molar-refractivity contribution >= 4 is 18.0 Å². The van der Waals surface area contributed by atoms with Crippen LogP contribution in [0.15, 0.2) is 0 Å². The van der Waals surface area contributed by atoms with Crippen LogP contribution in [-0.2, 0) is 19.1 Å². The van der Waals surface area contributed by atoms with Crippen molar-refractivity contribution in [1.29, 1.82) is 0 Å².